The average molecular weight is 430 g/mol. The highest BCUT2D eigenvalue weighted by molar-refractivity contribution is 7.89. The van der Waals surface area contributed by atoms with Gasteiger partial charge in [0.15, 0.2) is 11.5 Å². The van der Waals surface area contributed by atoms with Crippen LogP contribution in [0.15, 0.2) is 65.6 Å². The van der Waals surface area contributed by atoms with E-state index in [0.29, 0.717) is 35.2 Å². The Bertz CT molecular complexity index is 1120. The van der Waals surface area contributed by atoms with Gasteiger partial charge in [-0.1, -0.05) is 30.3 Å². The molecular formula is C21H19NO5S2. The summed E-state index contributed by atoms with van der Waals surface area (Å²) in [5, 5.41) is 0. The predicted octanol–water partition coefficient (Wildman–Crippen LogP) is 3.62. The summed E-state index contributed by atoms with van der Waals surface area (Å²) >= 11 is 1.28. The molecule has 150 valence electrons. The lowest BCUT2D eigenvalue weighted by Crippen LogP contribution is -2.22. The van der Waals surface area contributed by atoms with Crippen molar-refractivity contribution in [1.29, 1.82) is 0 Å². The van der Waals surface area contributed by atoms with Gasteiger partial charge < -0.3 is 9.47 Å². The second kappa shape index (κ2) is 8.36. The van der Waals surface area contributed by atoms with E-state index >= 15 is 0 Å². The molecule has 3 aromatic rings. The molecule has 0 fully saturated rings. The molecule has 1 aliphatic heterocycles. The van der Waals surface area contributed by atoms with Gasteiger partial charge in [0.25, 0.3) is 0 Å². The van der Waals surface area contributed by atoms with E-state index < -0.39 is 10.0 Å². The van der Waals surface area contributed by atoms with Crippen LogP contribution in [-0.4, -0.2) is 27.4 Å². The van der Waals surface area contributed by atoms with E-state index in [9.17, 15) is 13.2 Å². The maximum Gasteiger partial charge on any atom is 0.241 e. The molecule has 1 N–H and O–H groups in total. The third kappa shape index (κ3) is 4.50. The average Bonchev–Trinajstić information content (AvgIpc) is 3.09. The van der Waals surface area contributed by atoms with Gasteiger partial charge in [-0.25, -0.2) is 13.1 Å². The van der Waals surface area contributed by atoms with Crippen molar-refractivity contribution in [3.8, 4) is 11.5 Å². The summed E-state index contributed by atoms with van der Waals surface area (Å²) in [7, 11) is -3.73. The standard InChI is InChI=1S/C21H19NO5S2/c23-21(15-5-2-1-3-6-15)20-10-7-16(28-20)14-22-29(24,25)17-8-9-18-19(13-17)27-12-4-11-26-18/h1-3,5-10,13,22H,4,11-12,14H2. The third-order valence-corrected chi connectivity index (χ3v) is 6.87. The quantitative estimate of drug-likeness (QED) is 0.606. The van der Waals surface area contributed by atoms with Crippen LogP contribution in [0.5, 0.6) is 11.5 Å². The highest BCUT2D eigenvalue weighted by Crippen LogP contribution is 2.32. The Morgan fingerprint density at radius 2 is 1.72 bits per heavy atom. The predicted molar refractivity (Wildman–Crippen MR) is 110 cm³/mol. The molecule has 0 aliphatic carbocycles. The summed E-state index contributed by atoms with van der Waals surface area (Å²) in [6.45, 7) is 1.13. The SMILES string of the molecule is O=C(c1ccccc1)c1ccc(CNS(=O)(=O)c2ccc3c(c2)OCCCO3)s1. The van der Waals surface area contributed by atoms with Crippen LogP contribution in [0.3, 0.4) is 0 Å². The van der Waals surface area contributed by atoms with Crippen molar-refractivity contribution in [2.24, 2.45) is 0 Å². The Morgan fingerprint density at radius 1 is 0.966 bits per heavy atom. The molecule has 1 aromatic heterocycles. The van der Waals surface area contributed by atoms with Crippen LogP contribution in [0, 0.1) is 0 Å². The maximum atomic E-state index is 12.7. The lowest BCUT2D eigenvalue weighted by molar-refractivity contribution is 0.104. The van der Waals surface area contributed by atoms with Crippen molar-refractivity contribution >= 4 is 27.1 Å². The maximum absolute atomic E-state index is 12.7. The molecule has 29 heavy (non-hydrogen) atoms. The number of thiophene rings is 1. The number of ketones is 1. The largest absolute Gasteiger partial charge is 0.490 e. The van der Waals surface area contributed by atoms with Crippen molar-refractivity contribution in [3.05, 3.63) is 76.0 Å². The van der Waals surface area contributed by atoms with Gasteiger partial charge in [-0.2, -0.15) is 0 Å². The van der Waals surface area contributed by atoms with Crippen molar-refractivity contribution in [1.82, 2.24) is 4.72 Å². The molecule has 2 heterocycles. The highest BCUT2D eigenvalue weighted by Gasteiger charge is 2.19. The first-order valence-corrected chi connectivity index (χ1v) is 11.4. The van der Waals surface area contributed by atoms with Crippen molar-refractivity contribution in [2.45, 2.75) is 17.9 Å². The minimum absolute atomic E-state index is 0.0763. The first-order chi connectivity index (χ1) is 14.0. The zero-order valence-electron chi connectivity index (χ0n) is 15.5. The number of rotatable bonds is 6. The number of fused-ring (bicyclic) bond motifs is 1. The van der Waals surface area contributed by atoms with Gasteiger partial charge in [-0.15, -0.1) is 11.3 Å². The van der Waals surface area contributed by atoms with E-state index in [2.05, 4.69) is 4.72 Å². The molecule has 0 radical (unpaired) electrons. The van der Waals surface area contributed by atoms with Gasteiger partial charge >= 0.3 is 0 Å². The molecule has 0 spiro atoms. The molecule has 0 amide bonds. The Hall–Kier alpha value is -2.68. The molecule has 6 nitrogen and oxygen atoms in total. The van der Waals surface area contributed by atoms with E-state index in [1.54, 1.807) is 30.3 Å². The van der Waals surface area contributed by atoms with Gasteiger partial charge in [0.2, 0.25) is 15.8 Å². The Balaban J connectivity index is 1.46. The van der Waals surface area contributed by atoms with E-state index in [-0.39, 0.29) is 17.2 Å². The number of carbonyl (C=O) groups is 1. The molecule has 0 unspecified atom stereocenters. The summed E-state index contributed by atoms with van der Waals surface area (Å²) < 4.78 is 39.0. The summed E-state index contributed by atoms with van der Waals surface area (Å²) in [6.07, 6.45) is 0.747. The summed E-state index contributed by atoms with van der Waals surface area (Å²) in [5.74, 6) is 0.897. The molecule has 0 bridgehead atoms. The van der Waals surface area contributed by atoms with Gasteiger partial charge in [0.1, 0.15) is 0 Å². The fourth-order valence-corrected chi connectivity index (χ4v) is 4.91. The van der Waals surface area contributed by atoms with Crippen LogP contribution in [0.25, 0.3) is 0 Å². The lowest BCUT2D eigenvalue weighted by atomic mass is 10.1. The Morgan fingerprint density at radius 3 is 2.52 bits per heavy atom. The van der Waals surface area contributed by atoms with Gasteiger partial charge in [-0.05, 0) is 24.3 Å². The molecule has 0 saturated carbocycles. The van der Waals surface area contributed by atoms with E-state index in [1.165, 1.54) is 23.5 Å². The van der Waals surface area contributed by atoms with Crippen molar-refractivity contribution in [3.63, 3.8) is 0 Å². The molecular weight excluding hydrogens is 410 g/mol. The van der Waals surface area contributed by atoms with Gasteiger partial charge in [-0.3, -0.25) is 4.79 Å². The molecule has 4 rings (SSSR count). The minimum atomic E-state index is -3.73. The van der Waals surface area contributed by atoms with Crippen LogP contribution in [0.4, 0.5) is 0 Å². The summed E-state index contributed by atoms with van der Waals surface area (Å²) in [6, 6.07) is 17.0. The van der Waals surface area contributed by atoms with E-state index in [4.69, 9.17) is 9.47 Å². The van der Waals surface area contributed by atoms with Crippen LogP contribution >= 0.6 is 11.3 Å². The Kier molecular flexibility index (Phi) is 5.66. The fraction of sp³-hybridized carbons (Fsp3) is 0.190. The van der Waals surface area contributed by atoms with Crippen LogP contribution in [-0.2, 0) is 16.6 Å². The first kappa shape index (κ1) is 19.6. The van der Waals surface area contributed by atoms with Crippen LogP contribution in [0.1, 0.15) is 26.5 Å². The normalized spacial score (nSPS) is 13.7. The molecule has 1 aliphatic rings. The van der Waals surface area contributed by atoms with Gasteiger partial charge in [0.05, 0.1) is 23.0 Å². The number of hydrogen-bond acceptors (Lipinski definition) is 6. The molecule has 0 atom stereocenters. The van der Waals surface area contributed by atoms with Crippen molar-refractivity contribution < 1.29 is 22.7 Å². The van der Waals surface area contributed by atoms with Crippen molar-refractivity contribution in [2.75, 3.05) is 13.2 Å². The number of nitrogens with one attached hydrogen (secondary N) is 1. The fourth-order valence-electron chi connectivity index (χ4n) is 2.89. The lowest BCUT2D eigenvalue weighted by Gasteiger charge is -2.10. The van der Waals surface area contributed by atoms with E-state index in [0.717, 1.165) is 11.3 Å². The van der Waals surface area contributed by atoms with E-state index in [1.807, 2.05) is 18.2 Å². The second-order valence-electron chi connectivity index (χ2n) is 6.44. The molecule has 8 heteroatoms. The first-order valence-electron chi connectivity index (χ1n) is 9.11. The zero-order valence-corrected chi connectivity index (χ0v) is 17.1. The Labute approximate surface area is 173 Å². The smallest absolute Gasteiger partial charge is 0.241 e. The topological polar surface area (TPSA) is 81.7 Å². The summed E-state index contributed by atoms with van der Waals surface area (Å²) in [5.41, 5.74) is 0.605. The zero-order chi connectivity index (χ0) is 20.3. The summed E-state index contributed by atoms with van der Waals surface area (Å²) in [4.78, 5) is 13.9. The highest BCUT2D eigenvalue weighted by atomic mass is 32.2. The van der Waals surface area contributed by atoms with Gasteiger partial charge in [0, 0.05) is 29.5 Å². The molecule has 2 aromatic carbocycles. The number of carbonyl (C=O) groups excluding carboxylic acids is 1. The number of ether oxygens (including phenoxy) is 2. The number of benzene rings is 2. The van der Waals surface area contributed by atoms with Crippen LogP contribution < -0.4 is 14.2 Å². The van der Waals surface area contributed by atoms with Crippen LogP contribution in [0.2, 0.25) is 0 Å². The molecule has 0 saturated heterocycles. The number of sulfonamides is 1. The third-order valence-electron chi connectivity index (χ3n) is 4.39. The second-order valence-corrected chi connectivity index (χ2v) is 9.38. The minimum Gasteiger partial charge on any atom is -0.490 e. The monoisotopic (exact) mass is 429 g/mol. The number of hydrogen-bond donors (Lipinski definition) is 1.